The van der Waals surface area contributed by atoms with Crippen LogP contribution in [-0.2, 0) is 12.8 Å². The van der Waals surface area contributed by atoms with Crippen LogP contribution in [0.2, 0.25) is 0 Å². The topological polar surface area (TPSA) is 0 Å². The fraction of sp³-hybridized carbons (Fsp3) is 0.333. The molecule has 0 fully saturated rings. The van der Waals surface area contributed by atoms with Gasteiger partial charge in [-0.25, -0.2) is 4.39 Å². The number of hydrogen-bond acceptors (Lipinski definition) is 0. The van der Waals surface area contributed by atoms with Gasteiger partial charge >= 0.3 is 0 Å². The van der Waals surface area contributed by atoms with Gasteiger partial charge < -0.3 is 0 Å². The summed E-state index contributed by atoms with van der Waals surface area (Å²) in [7, 11) is 0. The predicted molar refractivity (Wildman–Crippen MR) is 79.0 cm³/mol. The van der Waals surface area contributed by atoms with E-state index in [0.717, 1.165) is 19.3 Å². The van der Waals surface area contributed by atoms with Gasteiger partial charge in [-0.05, 0) is 43.2 Å². The summed E-state index contributed by atoms with van der Waals surface area (Å²) < 4.78 is 13.8. The van der Waals surface area contributed by atoms with Crippen LogP contribution in [-0.4, -0.2) is 6.17 Å². The largest absolute Gasteiger partial charge is 0.247 e. The highest BCUT2D eigenvalue weighted by Gasteiger charge is 2.06. The Morgan fingerprint density at radius 3 is 1.79 bits per heavy atom. The highest BCUT2D eigenvalue weighted by molar-refractivity contribution is 5.15. The zero-order chi connectivity index (χ0) is 13.3. The third-order valence-electron chi connectivity index (χ3n) is 3.41. The summed E-state index contributed by atoms with van der Waals surface area (Å²) in [4.78, 5) is 0. The predicted octanol–water partition coefficient (Wildman–Crippen LogP) is 4.98. The summed E-state index contributed by atoms with van der Waals surface area (Å²) >= 11 is 0. The maximum absolute atomic E-state index is 13.8. The fourth-order valence-corrected chi connectivity index (χ4v) is 2.28. The van der Waals surface area contributed by atoms with E-state index in [9.17, 15) is 4.39 Å². The fourth-order valence-electron chi connectivity index (χ4n) is 2.28. The summed E-state index contributed by atoms with van der Waals surface area (Å²) in [5.41, 5.74) is 2.53. The molecule has 2 aromatic rings. The summed E-state index contributed by atoms with van der Waals surface area (Å²) in [6.07, 6.45) is 3.38. The van der Waals surface area contributed by atoms with Crippen molar-refractivity contribution < 1.29 is 4.39 Å². The Balaban J connectivity index is 1.64. The lowest BCUT2D eigenvalue weighted by molar-refractivity contribution is 0.291. The quantitative estimate of drug-likeness (QED) is 0.655. The van der Waals surface area contributed by atoms with E-state index in [1.54, 1.807) is 0 Å². The second-order valence-corrected chi connectivity index (χ2v) is 5.00. The van der Waals surface area contributed by atoms with Crippen molar-refractivity contribution in [2.45, 2.75) is 38.3 Å². The molecule has 0 spiro atoms. The third kappa shape index (κ3) is 5.25. The SMILES string of the molecule is FC(CCCc1ccccc1)CCc1ccccc1. The van der Waals surface area contributed by atoms with Gasteiger partial charge in [0.15, 0.2) is 0 Å². The highest BCUT2D eigenvalue weighted by atomic mass is 19.1. The maximum atomic E-state index is 13.8. The lowest BCUT2D eigenvalue weighted by Gasteiger charge is -2.08. The lowest BCUT2D eigenvalue weighted by Crippen LogP contribution is -2.03. The first-order valence-electron chi connectivity index (χ1n) is 7.06. The van der Waals surface area contributed by atoms with Gasteiger partial charge in [0, 0.05) is 0 Å². The smallest absolute Gasteiger partial charge is 0.100 e. The molecule has 0 aliphatic carbocycles. The van der Waals surface area contributed by atoms with Gasteiger partial charge in [-0.2, -0.15) is 0 Å². The second kappa shape index (κ2) is 7.73. The molecule has 0 N–H and O–H groups in total. The minimum atomic E-state index is -0.677. The molecule has 0 nitrogen and oxygen atoms in total. The van der Waals surface area contributed by atoms with Crippen LogP contribution in [0.5, 0.6) is 0 Å². The minimum absolute atomic E-state index is 0.638. The Morgan fingerprint density at radius 2 is 1.21 bits per heavy atom. The van der Waals surface area contributed by atoms with Crippen LogP contribution in [0.15, 0.2) is 60.7 Å². The third-order valence-corrected chi connectivity index (χ3v) is 3.41. The van der Waals surface area contributed by atoms with Crippen LogP contribution >= 0.6 is 0 Å². The van der Waals surface area contributed by atoms with Gasteiger partial charge in [-0.3, -0.25) is 0 Å². The maximum Gasteiger partial charge on any atom is 0.100 e. The van der Waals surface area contributed by atoms with Crippen molar-refractivity contribution >= 4 is 0 Å². The van der Waals surface area contributed by atoms with Gasteiger partial charge in [-0.15, -0.1) is 0 Å². The molecular weight excluding hydrogens is 235 g/mol. The van der Waals surface area contributed by atoms with Crippen LogP contribution in [0.4, 0.5) is 4.39 Å². The Hall–Kier alpha value is -1.63. The van der Waals surface area contributed by atoms with E-state index in [-0.39, 0.29) is 0 Å². The molecular formula is C18H21F. The van der Waals surface area contributed by atoms with E-state index in [1.807, 2.05) is 36.4 Å². The van der Waals surface area contributed by atoms with Crippen molar-refractivity contribution in [3.63, 3.8) is 0 Å². The first-order valence-corrected chi connectivity index (χ1v) is 7.06. The molecule has 0 aromatic heterocycles. The Bertz CT molecular complexity index is 450. The van der Waals surface area contributed by atoms with E-state index < -0.39 is 6.17 Å². The molecule has 100 valence electrons. The van der Waals surface area contributed by atoms with Crippen molar-refractivity contribution in [1.82, 2.24) is 0 Å². The summed E-state index contributed by atoms with van der Waals surface area (Å²) in [6, 6.07) is 20.5. The normalized spacial score (nSPS) is 12.3. The number of alkyl halides is 1. The van der Waals surface area contributed by atoms with Crippen molar-refractivity contribution in [2.24, 2.45) is 0 Å². The van der Waals surface area contributed by atoms with Crippen molar-refractivity contribution in [3.05, 3.63) is 71.8 Å². The molecule has 2 rings (SSSR count). The second-order valence-electron chi connectivity index (χ2n) is 5.00. The molecule has 2 aromatic carbocycles. The Kier molecular flexibility index (Phi) is 5.61. The first-order chi connectivity index (χ1) is 9.34. The van der Waals surface area contributed by atoms with E-state index in [1.165, 1.54) is 11.1 Å². The minimum Gasteiger partial charge on any atom is -0.247 e. The Labute approximate surface area is 115 Å². The van der Waals surface area contributed by atoms with E-state index in [0.29, 0.717) is 12.8 Å². The molecule has 0 aliphatic heterocycles. The summed E-state index contributed by atoms with van der Waals surface area (Å²) in [6.45, 7) is 0. The first kappa shape index (κ1) is 13.8. The number of rotatable bonds is 7. The van der Waals surface area contributed by atoms with Gasteiger partial charge in [0.25, 0.3) is 0 Å². The molecule has 0 saturated heterocycles. The van der Waals surface area contributed by atoms with Gasteiger partial charge in [-0.1, -0.05) is 60.7 Å². The number of aryl methyl sites for hydroxylation is 2. The van der Waals surface area contributed by atoms with Crippen molar-refractivity contribution in [3.8, 4) is 0 Å². The molecule has 0 heterocycles. The Morgan fingerprint density at radius 1 is 0.684 bits per heavy atom. The zero-order valence-electron chi connectivity index (χ0n) is 11.3. The summed E-state index contributed by atoms with van der Waals surface area (Å²) in [5, 5.41) is 0. The average Bonchev–Trinajstić information content (AvgIpc) is 2.47. The van der Waals surface area contributed by atoms with Gasteiger partial charge in [0.05, 0.1) is 0 Å². The van der Waals surface area contributed by atoms with E-state index in [2.05, 4.69) is 24.3 Å². The molecule has 1 heteroatoms. The van der Waals surface area contributed by atoms with Crippen molar-refractivity contribution in [1.29, 1.82) is 0 Å². The molecule has 1 unspecified atom stereocenters. The number of benzene rings is 2. The number of halogens is 1. The molecule has 0 radical (unpaired) electrons. The standard InChI is InChI=1S/C18H21F/c19-18(15-14-17-10-5-2-6-11-17)13-7-12-16-8-3-1-4-9-16/h1-6,8-11,18H,7,12-15H2. The van der Waals surface area contributed by atoms with Gasteiger partial charge in [0.1, 0.15) is 6.17 Å². The van der Waals surface area contributed by atoms with Crippen LogP contribution in [0.25, 0.3) is 0 Å². The molecule has 0 saturated carbocycles. The summed E-state index contributed by atoms with van der Waals surface area (Å²) in [5.74, 6) is 0. The van der Waals surface area contributed by atoms with E-state index in [4.69, 9.17) is 0 Å². The van der Waals surface area contributed by atoms with Crippen molar-refractivity contribution in [2.75, 3.05) is 0 Å². The molecule has 0 amide bonds. The highest BCUT2D eigenvalue weighted by Crippen LogP contribution is 2.14. The van der Waals surface area contributed by atoms with Crippen LogP contribution in [0.3, 0.4) is 0 Å². The molecule has 19 heavy (non-hydrogen) atoms. The van der Waals surface area contributed by atoms with E-state index >= 15 is 0 Å². The van der Waals surface area contributed by atoms with Crippen LogP contribution in [0, 0.1) is 0 Å². The van der Waals surface area contributed by atoms with Crippen LogP contribution < -0.4 is 0 Å². The number of hydrogen-bond donors (Lipinski definition) is 0. The lowest BCUT2D eigenvalue weighted by atomic mass is 10.0. The molecule has 1 atom stereocenters. The zero-order valence-corrected chi connectivity index (χ0v) is 11.3. The molecule has 0 bridgehead atoms. The van der Waals surface area contributed by atoms with Crippen LogP contribution in [0.1, 0.15) is 30.4 Å². The van der Waals surface area contributed by atoms with Gasteiger partial charge in [0.2, 0.25) is 0 Å². The molecule has 0 aliphatic rings. The monoisotopic (exact) mass is 256 g/mol. The average molecular weight is 256 g/mol.